The Kier molecular flexibility index (Phi) is 6.50. The van der Waals surface area contributed by atoms with Crippen LogP contribution >= 0.6 is 0 Å². The minimum absolute atomic E-state index is 0.0145. The Morgan fingerprint density at radius 1 is 1.16 bits per heavy atom. The normalized spacial score (nSPS) is 24.1. The fourth-order valence-electron chi connectivity index (χ4n) is 5.63. The third kappa shape index (κ3) is 4.84. The molecule has 6 heterocycles. The molecule has 38 heavy (non-hydrogen) atoms. The van der Waals surface area contributed by atoms with Gasteiger partial charge in [-0.25, -0.2) is 4.98 Å². The number of rotatable bonds is 9. The predicted octanol–water partition coefficient (Wildman–Crippen LogP) is 1.76. The first-order chi connectivity index (χ1) is 18.5. The van der Waals surface area contributed by atoms with E-state index in [1.165, 1.54) is 0 Å². The smallest absolute Gasteiger partial charge is 0.263 e. The van der Waals surface area contributed by atoms with Crippen molar-refractivity contribution in [3.8, 4) is 11.5 Å². The first-order valence-electron chi connectivity index (χ1n) is 13.0. The molecule has 0 unspecified atom stereocenters. The van der Waals surface area contributed by atoms with Crippen LogP contribution < -0.4 is 25.7 Å². The van der Waals surface area contributed by atoms with Gasteiger partial charge in [-0.3, -0.25) is 14.6 Å². The number of pyridine rings is 3. The van der Waals surface area contributed by atoms with Gasteiger partial charge in [0.05, 0.1) is 41.7 Å². The molecule has 0 aromatic carbocycles. The van der Waals surface area contributed by atoms with E-state index in [0.717, 1.165) is 43.3 Å². The van der Waals surface area contributed by atoms with Crippen LogP contribution in [0.15, 0.2) is 41.3 Å². The van der Waals surface area contributed by atoms with E-state index in [9.17, 15) is 9.59 Å². The summed E-state index contributed by atoms with van der Waals surface area (Å²) in [5.74, 6) is 1.38. The van der Waals surface area contributed by atoms with Gasteiger partial charge in [0, 0.05) is 30.8 Å². The average Bonchev–Trinajstić information content (AvgIpc) is 2.95. The first kappa shape index (κ1) is 24.8. The second-order valence-electron chi connectivity index (χ2n) is 10.3. The number of carbonyl (C=O) groups excluding carboxylic acids is 1. The zero-order valence-electron chi connectivity index (χ0n) is 21.1. The van der Waals surface area contributed by atoms with Gasteiger partial charge in [0.2, 0.25) is 0 Å². The monoisotopic (exact) mass is 521 g/mol. The van der Waals surface area contributed by atoms with Gasteiger partial charge in [-0.1, -0.05) is 0 Å². The van der Waals surface area contributed by atoms with Crippen LogP contribution in [0.1, 0.15) is 37.8 Å². The summed E-state index contributed by atoms with van der Waals surface area (Å²) in [6.07, 6.45) is 6.10. The zero-order chi connectivity index (χ0) is 26.2. The van der Waals surface area contributed by atoms with Crippen molar-refractivity contribution in [1.82, 2.24) is 19.9 Å². The van der Waals surface area contributed by atoms with Crippen LogP contribution in [0.5, 0.6) is 11.5 Å². The van der Waals surface area contributed by atoms with Crippen LogP contribution in [0.4, 0.5) is 5.82 Å². The van der Waals surface area contributed by atoms with Crippen LogP contribution in [0.3, 0.4) is 0 Å². The topological polar surface area (TPSA) is 137 Å². The number of aryl methyl sites for hydroxylation is 1. The number of nitrogens with zero attached hydrogens (tertiary/aromatic N) is 3. The Morgan fingerprint density at radius 3 is 2.82 bits per heavy atom. The predicted molar refractivity (Wildman–Crippen MR) is 138 cm³/mol. The molecule has 7 rings (SSSR count). The number of ether oxygens (including phenoxy) is 3. The van der Waals surface area contributed by atoms with E-state index in [1.54, 1.807) is 29.0 Å². The van der Waals surface area contributed by atoms with E-state index in [1.807, 2.05) is 12.1 Å². The largest absolute Gasteiger partial charge is 0.490 e. The second kappa shape index (κ2) is 9.97. The van der Waals surface area contributed by atoms with Gasteiger partial charge < -0.3 is 34.5 Å². The molecule has 2 bridgehead atoms. The van der Waals surface area contributed by atoms with E-state index in [4.69, 9.17) is 19.3 Å². The van der Waals surface area contributed by atoms with Crippen molar-refractivity contribution < 1.29 is 24.1 Å². The lowest BCUT2D eigenvalue weighted by atomic mass is 9.70. The minimum Gasteiger partial charge on any atom is -0.490 e. The Hall–Kier alpha value is -3.54. The number of carbonyl (C=O) groups is 1. The summed E-state index contributed by atoms with van der Waals surface area (Å²) >= 11 is 0. The third-order valence-corrected chi connectivity index (χ3v) is 7.91. The van der Waals surface area contributed by atoms with Gasteiger partial charge in [-0.15, -0.1) is 0 Å². The van der Waals surface area contributed by atoms with E-state index < -0.39 is 0 Å². The summed E-state index contributed by atoms with van der Waals surface area (Å²) in [6.45, 7) is 1.79. The van der Waals surface area contributed by atoms with Crippen molar-refractivity contribution >= 4 is 22.8 Å². The van der Waals surface area contributed by atoms with Crippen LogP contribution in [0, 0.1) is 0 Å². The molecule has 11 nitrogen and oxygen atoms in total. The highest BCUT2D eigenvalue weighted by Crippen LogP contribution is 2.45. The maximum atomic E-state index is 12.8. The maximum Gasteiger partial charge on any atom is 0.263 e. The first-order valence-corrected chi connectivity index (χ1v) is 13.0. The molecule has 2 saturated heterocycles. The highest BCUT2D eigenvalue weighted by molar-refractivity contribution is 5.94. The molecule has 3 aromatic heterocycles. The number of hydrogen-bond acceptors (Lipinski definition) is 9. The minimum atomic E-state index is -0.255. The van der Waals surface area contributed by atoms with Gasteiger partial charge in [0.1, 0.15) is 12.4 Å². The molecule has 11 heteroatoms. The van der Waals surface area contributed by atoms with Crippen LogP contribution in [-0.4, -0.2) is 63.1 Å². The number of nitrogens with one attached hydrogen (secondary N) is 2. The van der Waals surface area contributed by atoms with Crippen molar-refractivity contribution in [3.63, 3.8) is 0 Å². The molecule has 1 amide bonds. The van der Waals surface area contributed by atoms with Crippen molar-refractivity contribution in [2.75, 3.05) is 31.7 Å². The van der Waals surface area contributed by atoms with Crippen molar-refractivity contribution in [2.24, 2.45) is 0 Å². The number of amides is 1. The lowest BCUT2D eigenvalue weighted by molar-refractivity contribution is -0.167. The van der Waals surface area contributed by atoms with Gasteiger partial charge in [-0.05, 0) is 50.3 Å². The average molecular weight is 522 g/mol. The number of aromatic nitrogens is 3. The van der Waals surface area contributed by atoms with E-state index >= 15 is 0 Å². The van der Waals surface area contributed by atoms with Crippen LogP contribution in [-0.2, 0) is 22.6 Å². The van der Waals surface area contributed by atoms with Crippen molar-refractivity contribution in [2.45, 2.75) is 56.3 Å². The standard InChI is InChI=1S/C27H31N5O6/c33-11-12-36-19-13-21-20(28-15-19)2-4-24(35)32(21)10-9-27-7-5-26(6-8-27,17-38-27)29-14-18-1-3-22-25(30-18)31-23(34)16-37-22/h1-4,13,15,29,33H,5-12,14,16-17H2,(H,30,31,34). The van der Waals surface area contributed by atoms with Crippen LogP contribution in [0.25, 0.3) is 11.0 Å². The molecule has 0 atom stereocenters. The Labute approximate surface area is 219 Å². The number of hydrogen-bond donors (Lipinski definition) is 3. The Balaban J connectivity index is 1.10. The van der Waals surface area contributed by atoms with Gasteiger partial charge in [-0.2, -0.15) is 0 Å². The van der Waals surface area contributed by atoms with Gasteiger partial charge in [0.25, 0.3) is 11.5 Å². The lowest BCUT2D eigenvalue weighted by Crippen LogP contribution is -2.61. The molecule has 3 N–H and O–H groups in total. The van der Waals surface area contributed by atoms with E-state index in [0.29, 0.717) is 42.5 Å². The molecule has 1 saturated carbocycles. The summed E-state index contributed by atoms with van der Waals surface area (Å²) in [7, 11) is 0. The van der Waals surface area contributed by atoms with Crippen molar-refractivity contribution in [1.29, 1.82) is 0 Å². The number of aliphatic hydroxyl groups excluding tert-OH is 1. The Bertz CT molecular complexity index is 1400. The van der Waals surface area contributed by atoms with Crippen molar-refractivity contribution in [3.05, 3.63) is 52.6 Å². The highest BCUT2D eigenvalue weighted by Gasteiger charge is 2.49. The molecule has 0 spiro atoms. The Morgan fingerprint density at radius 2 is 2.03 bits per heavy atom. The molecule has 3 aliphatic heterocycles. The van der Waals surface area contributed by atoms with E-state index in [-0.39, 0.29) is 42.4 Å². The summed E-state index contributed by atoms with van der Waals surface area (Å²) in [5.41, 5.74) is 1.81. The SMILES string of the molecule is O=C1COc2ccc(CNC34CCC(CCn5c(=O)ccc6ncc(OCCO)cc65)(CC3)OC4)nc2N1. The fourth-order valence-corrected chi connectivity index (χ4v) is 5.63. The summed E-state index contributed by atoms with van der Waals surface area (Å²) in [5, 5.41) is 15.5. The highest BCUT2D eigenvalue weighted by atomic mass is 16.5. The lowest BCUT2D eigenvalue weighted by Gasteiger charge is -2.53. The molecular weight excluding hydrogens is 490 g/mol. The third-order valence-electron chi connectivity index (χ3n) is 7.91. The molecule has 200 valence electrons. The zero-order valence-corrected chi connectivity index (χ0v) is 21.1. The molecule has 3 fully saturated rings. The fraction of sp³-hybridized carbons (Fsp3) is 0.481. The molecular formula is C27H31N5O6. The molecule has 3 aromatic rings. The van der Waals surface area contributed by atoms with E-state index in [2.05, 4.69) is 20.6 Å². The molecule has 0 radical (unpaired) electrons. The summed E-state index contributed by atoms with van der Waals surface area (Å²) in [4.78, 5) is 33.3. The number of fused-ring (bicyclic) bond motifs is 5. The summed E-state index contributed by atoms with van der Waals surface area (Å²) in [6, 6.07) is 8.82. The van der Waals surface area contributed by atoms with Gasteiger partial charge in [0.15, 0.2) is 18.2 Å². The second-order valence-corrected chi connectivity index (χ2v) is 10.3. The quantitative estimate of drug-likeness (QED) is 0.385. The molecule has 1 aliphatic carbocycles. The summed E-state index contributed by atoms with van der Waals surface area (Å²) < 4.78 is 19.1. The number of aliphatic hydroxyl groups is 1. The van der Waals surface area contributed by atoms with Gasteiger partial charge >= 0.3 is 0 Å². The molecule has 4 aliphatic rings. The number of anilines is 1. The van der Waals surface area contributed by atoms with Crippen LogP contribution in [0.2, 0.25) is 0 Å². The maximum absolute atomic E-state index is 12.8.